The van der Waals surface area contributed by atoms with E-state index in [0.717, 1.165) is 92.7 Å². The van der Waals surface area contributed by atoms with Crippen LogP contribution in [0.1, 0.15) is 124 Å². The Balaban J connectivity index is 0.00000326. The van der Waals surface area contributed by atoms with E-state index in [0.29, 0.717) is 11.1 Å². The lowest BCUT2D eigenvalue weighted by atomic mass is 9.79. The number of carbonyl (C=O) groups is 2. The number of nitrogens with zero attached hydrogens (tertiary/aromatic N) is 2. The van der Waals surface area contributed by atoms with Crippen molar-refractivity contribution < 1.29 is 18.7 Å². The molecule has 0 fully saturated rings. The molecule has 314 valence electrons. The van der Waals surface area contributed by atoms with Crippen LogP contribution in [0.2, 0.25) is 0 Å². The monoisotopic (exact) mass is 833 g/mol. The summed E-state index contributed by atoms with van der Waals surface area (Å²) in [6.07, 6.45) is 15.9. The number of carbonyl (C=O) groups excluding carboxylic acids is 2. The van der Waals surface area contributed by atoms with E-state index < -0.39 is 0 Å². The quantitative estimate of drug-likeness (QED) is 0.0530. The highest BCUT2D eigenvalue weighted by Gasteiger charge is 2.44. The fourth-order valence-corrected chi connectivity index (χ4v) is 9.45. The molecule has 3 aromatic carbocycles. The summed E-state index contributed by atoms with van der Waals surface area (Å²) in [6, 6.07) is 23.0. The number of unbranched alkanes of at least 4 members (excludes halogenated alkanes) is 2. The van der Waals surface area contributed by atoms with Crippen LogP contribution in [-0.2, 0) is 10.8 Å². The van der Waals surface area contributed by atoms with Crippen molar-refractivity contribution in [1.29, 1.82) is 0 Å². The predicted molar refractivity (Wildman–Crippen MR) is 254 cm³/mol. The molecular weight excluding hydrogens is 769 g/mol. The highest BCUT2D eigenvalue weighted by molar-refractivity contribution is 7.93. The van der Waals surface area contributed by atoms with E-state index in [1.54, 1.807) is 20.2 Å². The van der Waals surface area contributed by atoms with Gasteiger partial charge in [0.15, 0.2) is 5.71 Å². The van der Waals surface area contributed by atoms with Gasteiger partial charge in [0.05, 0.1) is 5.41 Å². The Labute approximate surface area is 363 Å². The van der Waals surface area contributed by atoms with Crippen molar-refractivity contribution in [2.75, 3.05) is 43.6 Å². The summed E-state index contributed by atoms with van der Waals surface area (Å²) in [5, 5.41) is 5.55. The molecule has 7 nitrogen and oxygen atoms in total. The van der Waals surface area contributed by atoms with Crippen molar-refractivity contribution in [3.05, 3.63) is 136 Å². The van der Waals surface area contributed by atoms with E-state index in [-0.39, 0.29) is 22.6 Å². The van der Waals surface area contributed by atoms with E-state index in [2.05, 4.69) is 133 Å². The summed E-state index contributed by atoms with van der Waals surface area (Å²) in [5.74, 6) is 1.11. The Hall–Kier alpha value is -4.31. The number of benzene rings is 3. The van der Waals surface area contributed by atoms with E-state index >= 15 is 0 Å². The number of hydrogen-bond acceptors (Lipinski definition) is 6. The lowest BCUT2D eigenvalue weighted by molar-refractivity contribution is -0.438. The summed E-state index contributed by atoms with van der Waals surface area (Å²) >= 11 is 5.41. The lowest BCUT2D eigenvalue weighted by Gasteiger charge is -2.28. The number of nitrogens with one attached hydrogen (secondary N) is 2. The van der Waals surface area contributed by atoms with Crippen molar-refractivity contribution in [3.8, 4) is 0 Å². The molecule has 3 N–H and O–H groups in total. The Morgan fingerprint density at radius 1 is 0.831 bits per heavy atom. The summed E-state index contributed by atoms with van der Waals surface area (Å²) in [6.45, 7) is 15.0. The van der Waals surface area contributed by atoms with Gasteiger partial charge >= 0.3 is 0 Å². The Kier molecular flexibility index (Phi) is 16.1. The maximum absolute atomic E-state index is 13.2. The third-order valence-electron chi connectivity index (χ3n) is 11.9. The van der Waals surface area contributed by atoms with Gasteiger partial charge in [0.1, 0.15) is 6.54 Å². The molecule has 1 aliphatic carbocycles. The van der Waals surface area contributed by atoms with E-state index in [9.17, 15) is 14.1 Å². The van der Waals surface area contributed by atoms with E-state index in [1.807, 2.05) is 26.0 Å². The molecule has 59 heavy (non-hydrogen) atoms. The molecule has 0 radical (unpaired) electrons. The van der Waals surface area contributed by atoms with Crippen molar-refractivity contribution >= 4 is 59.1 Å². The van der Waals surface area contributed by atoms with E-state index in [4.69, 9.17) is 0 Å². The van der Waals surface area contributed by atoms with Crippen LogP contribution >= 0.6 is 24.7 Å². The van der Waals surface area contributed by atoms with Crippen molar-refractivity contribution in [2.45, 2.75) is 97.3 Å². The minimum Gasteiger partial charge on any atom is -0.355 e. The Bertz CT molecular complexity index is 2130. The SMILES string of the molecule is CC.CNC(=O)c1cc(C(=O)NC)cc(C2=C(/C=C/C3=[N+](CCCCS)c4ccccc4C3(C)C)CCC/C2=C\C=C2\N(CCCCSO)c3ccccc3C2(C)C)c1. The predicted octanol–water partition coefficient (Wildman–Crippen LogP) is 11.3. The zero-order valence-electron chi connectivity index (χ0n) is 36.5. The molecule has 3 aromatic rings. The maximum atomic E-state index is 13.2. The molecule has 2 amide bonds. The molecule has 9 heteroatoms. The van der Waals surface area contributed by atoms with E-state index in [1.165, 1.54) is 45.1 Å². The second-order valence-electron chi connectivity index (χ2n) is 16.2. The van der Waals surface area contributed by atoms with Gasteiger partial charge in [-0.1, -0.05) is 76.2 Å². The van der Waals surface area contributed by atoms with Crippen LogP contribution in [0.15, 0.2) is 108 Å². The number of allylic oxidation sites excluding steroid dienone is 8. The molecule has 0 saturated heterocycles. The molecule has 2 aliphatic heterocycles. The summed E-state index contributed by atoms with van der Waals surface area (Å²) in [7, 11) is 3.24. The minimum absolute atomic E-state index is 0.194. The first-order valence-electron chi connectivity index (χ1n) is 21.4. The first-order chi connectivity index (χ1) is 28.5. The summed E-state index contributed by atoms with van der Waals surface area (Å²) in [5.41, 5.74) is 12.4. The van der Waals surface area contributed by atoms with Crippen LogP contribution in [0, 0.1) is 0 Å². The van der Waals surface area contributed by atoms with Gasteiger partial charge in [-0.05, 0) is 128 Å². The van der Waals surface area contributed by atoms with Crippen LogP contribution in [0.4, 0.5) is 11.4 Å². The summed E-state index contributed by atoms with van der Waals surface area (Å²) < 4.78 is 11.9. The number of thiol groups is 1. The largest absolute Gasteiger partial charge is 0.355 e. The molecule has 0 aromatic heterocycles. The Morgan fingerprint density at radius 2 is 1.49 bits per heavy atom. The first kappa shape index (κ1) is 45.8. The zero-order chi connectivity index (χ0) is 42.7. The van der Waals surface area contributed by atoms with Crippen molar-refractivity contribution in [3.63, 3.8) is 0 Å². The standard InChI is InChI=1S/C48H58N4O3S2.C2H6/c1-47(2)38-18-7-9-20-40(38)51(26-11-13-28-56)42(47)24-22-33-16-15-17-34(44(33)35-30-36(45(53)49-5)32-37(31-35)46(54)50-6)23-25-43-48(3,4)39-19-8-10-21-41(39)52(43)27-12-14-29-57-55;1-2/h7-10,18-25,30-32H,11-17,26-29H2,1-6H3,(H3-,49,50,53,54,55,56);1-2H3/p+1. The number of fused-ring (bicyclic) bond motifs is 2. The summed E-state index contributed by atoms with van der Waals surface area (Å²) in [4.78, 5) is 28.9. The van der Waals surface area contributed by atoms with Crippen molar-refractivity contribution in [2.24, 2.45) is 0 Å². The number of anilines is 1. The number of para-hydroxylation sites is 2. The van der Waals surface area contributed by atoms with Crippen molar-refractivity contribution in [1.82, 2.24) is 10.6 Å². The van der Waals surface area contributed by atoms with Gasteiger partial charge in [0.2, 0.25) is 5.69 Å². The fraction of sp³-hybridized carbons (Fsp3) is 0.420. The smallest absolute Gasteiger partial charge is 0.251 e. The number of rotatable bonds is 15. The average molecular weight is 834 g/mol. The molecular formula is C50H65N4O3S2+. The first-order valence-corrected chi connectivity index (χ1v) is 23.0. The van der Waals surface area contributed by atoms with Gasteiger partial charge in [-0.25, -0.2) is 0 Å². The third kappa shape index (κ3) is 9.85. The molecule has 0 unspecified atom stereocenters. The van der Waals surface area contributed by atoms with Crippen LogP contribution in [0.25, 0.3) is 5.57 Å². The number of hydrogen-bond donors (Lipinski definition) is 4. The highest BCUT2D eigenvalue weighted by Crippen LogP contribution is 2.48. The second kappa shape index (κ2) is 20.8. The van der Waals surface area contributed by atoms with Gasteiger partial charge in [-0.3, -0.25) is 9.59 Å². The molecule has 0 atom stereocenters. The van der Waals surface area contributed by atoms with Gasteiger partial charge in [0.25, 0.3) is 11.8 Å². The second-order valence-corrected chi connectivity index (χ2v) is 17.3. The molecule has 6 rings (SSSR count). The van der Waals surface area contributed by atoms with Gasteiger partial charge in [-0.15, -0.1) is 0 Å². The normalized spacial score (nSPS) is 18.0. The van der Waals surface area contributed by atoms with Crippen LogP contribution in [0.3, 0.4) is 0 Å². The van der Waals surface area contributed by atoms with Crippen LogP contribution in [0.5, 0.6) is 0 Å². The van der Waals surface area contributed by atoms with Crippen LogP contribution in [-0.4, -0.2) is 65.3 Å². The lowest BCUT2D eigenvalue weighted by Crippen LogP contribution is -2.28. The maximum Gasteiger partial charge on any atom is 0.251 e. The molecule has 3 aliphatic rings. The molecule has 0 saturated carbocycles. The zero-order valence-corrected chi connectivity index (χ0v) is 38.2. The Morgan fingerprint density at radius 3 is 2.15 bits per heavy atom. The van der Waals surface area contributed by atoms with Gasteiger partial charge < -0.3 is 20.1 Å². The highest BCUT2D eigenvalue weighted by atomic mass is 32.2. The fourth-order valence-electron chi connectivity index (χ4n) is 8.89. The van der Waals surface area contributed by atoms with Gasteiger partial charge in [-0.2, -0.15) is 17.2 Å². The minimum atomic E-state index is -0.234. The number of amides is 2. The molecule has 0 spiro atoms. The molecule has 0 bridgehead atoms. The molecule has 2 heterocycles. The average Bonchev–Trinajstić information content (AvgIpc) is 3.61. The topological polar surface area (TPSA) is 84.7 Å². The third-order valence-corrected chi connectivity index (χ3v) is 12.7. The van der Waals surface area contributed by atoms with Gasteiger partial charge in [0, 0.05) is 78.4 Å². The van der Waals surface area contributed by atoms with Crippen LogP contribution < -0.4 is 15.5 Å².